The van der Waals surface area contributed by atoms with Crippen molar-refractivity contribution in [1.29, 1.82) is 0 Å². The van der Waals surface area contributed by atoms with Gasteiger partial charge in [-0.3, -0.25) is 0 Å². The number of hydrogen-bond donors (Lipinski definition) is 2. The molecule has 0 spiro atoms. The first kappa shape index (κ1) is 17.3. The van der Waals surface area contributed by atoms with E-state index in [2.05, 4.69) is 20.3 Å². The van der Waals surface area contributed by atoms with Gasteiger partial charge in [-0.05, 0) is 18.2 Å². The third-order valence-corrected chi connectivity index (χ3v) is 4.57. The van der Waals surface area contributed by atoms with Crippen LogP contribution in [-0.2, 0) is 0 Å². The molecule has 0 radical (unpaired) electrons. The summed E-state index contributed by atoms with van der Waals surface area (Å²) in [6.45, 7) is 0. The molecule has 0 amide bonds. The Morgan fingerprint density at radius 1 is 1.00 bits per heavy atom. The highest BCUT2D eigenvalue weighted by molar-refractivity contribution is 7.17. The van der Waals surface area contributed by atoms with Crippen LogP contribution in [-0.4, -0.2) is 15.0 Å². The van der Waals surface area contributed by atoms with Crippen LogP contribution in [0.15, 0.2) is 67.0 Å². The second-order valence-electron chi connectivity index (χ2n) is 5.53. The number of nitrogens with zero attached hydrogens (tertiary/aromatic N) is 3. The average molecular weight is 396 g/mol. The number of halogens is 1. The van der Waals surface area contributed by atoms with Crippen molar-refractivity contribution in [1.82, 2.24) is 15.0 Å². The molecule has 1 aromatic carbocycles. The summed E-state index contributed by atoms with van der Waals surface area (Å²) in [5.41, 5.74) is 8.34. The number of benzene rings is 1. The summed E-state index contributed by atoms with van der Waals surface area (Å²) in [4.78, 5) is 12.7. The first-order chi connectivity index (χ1) is 13.2. The van der Waals surface area contributed by atoms with Gasteiger partial charge >= 0.3 is 0 Å². The van der Waals surface area contributed by atoms with E-state index in [1.807, 2.05) is 30.3 Å². The molecule has 4 aromatic rings. The Hall–Kier alpha value is -3.16. The van der Waals surface area contributed by atoms with Gasteiger partial charge in [-0.1, -0.05) is 53.3 Å². The number of nitrogens with one attached hydrogen (secondary N) is 1. The summed E-state index contributed by atoms with van der Waals surface area (Å²) in [7, 11) is 0. The minimum Gasteiger partial charge on any atom is -0.444 e. The lowest BCUT2D eigenvalue weighted by Gasteiger charge is -2.09. The normalized spacial score (nSPS) is 10.6. The Kier molecular flexibility index (Phi) is 4.86. The van der Waals surface area contributed by atoms with Crippen LogP contribution >= 0.6 is 22.9 Å². The molecular weight excluding hydrogens is 382 g/mol. The number of rotatable bonds is 5. The van der Waals surface area contributed by atoms with Crippen LogP contribution in [0.1, 0.15) is 0 Å². The zero-order chi connectivity index (χ0) is 18.6. The third-order valence-electron chi connectivity index (χ3n) is 3.60. The summed E-state index contributed by atoms with van der Waals surface area (Å²) in [5, 5.41) is 4.65. The molecule has 0 aliphatic rings. The largest absolute Gasteiger partial charge is 0.444 e. The van der Waals surface area contributed by atoms with Gasteiger partial charge in [0, 0.05) is 29.7 Å². The molecule has 0 fully saturated rings. The molecule has 0 bridgehead atoms. The highest BCUT2D eigenvalue weighted by Gasteiger charge is 2.14. The predicted molar refractivity (Wildman–Crippen MR) is 109 cm³/mol. The van der Waals surface area contributed by atoms with Crippen LogP contribution in [0.25, 0.3) is 11.3 Å². The van der Waals surface area contributed by atoms with Gasteiger partial charge in [0.05, 0.1) is 0 Å². The maximum atomic E-state index is 6.04. The van der Waals surface area contributed by atoms with E-state index in [4.69, 9.17) is 22.1 Å². The summed E-state index contributed by atoms with van der Waals surface area (Å²) < 4.78 is 6.04. The number of nitrogens with two attached hydrogens (primary N) is 1. The van der Waals surface area contributed by atoms with Crippen molar-refractivity contribution in [2.24, 2.45) is 0 Å². The van der Waals surface area contributed by atoms with Crippen molar-refractivity contribution in [3.8, 4) is 22.1 Å². The Labute approximate surface area is 164 Å². The predicted octanol–water partition coefficient (Wildman–Crippen LogP) is 5.37. The second-order valence-corrected chi connectivity index (χ2v) is 6.91. The van der Waals surface area contributed by atoms with Crippen molar-refractivity contribution < 1.29 is 4.74 Å². The number of hydrogen-bond acceptors (Lipinski definition) is 7. The molecule has 3 heterocycles. The Morgan fingerprint density at radius 2 is 1.81 bits per heavy atom. The molecule has 0 saturated carbocycles. The van der Waals surface area contributed by atoms with E-state index in [1.54, 1.807) is 36.7 Å². The van der Waals surface area contributed by atoms with Crippen molar-refractivity contribution in [2.75, 3.05) is 11.1 Å². The lowest BCUT2D eigenvalue weighted by Crippen LogP contribution is -1.94. The molecular formula is C19H14ClN5OS. The molecule has 3 aromatic heterocycles. The molecule has 134 valence electrons. The van der Waals surface area contributed by atoms with Gasteiger partial charge in [-0.15, -0.1) is 0 Å². The van der Waals surface area contributed by atoms with Crippen molar-refractivity contribution in [2.45, 2.75) is 0 Å². The molecule has 0 saturated heterocycles. The van der Waals surface area contributed by atoms with E-state index in [-0.39, 0.29) is 0 Å². The standard InChI is InChI=1S/C19H14ClN5OS/c20-15-10-13(6-8-22-15)24-16-11-14(7-9-23-16)26-18-17(25-19(21)27-18)12-4-2-1-3-5-12/h1-11H,(H2,21,25)(H,22,23,24). The van der Waals surface area contributed by atoms with E-state index < -0.39 is 0 Å². The van der Waals surface area contributed by atoms with Gasteiger partial charge < -0.3 is 15.8 Å². The number of thiazole rings is 1. The molecule has 0 atom stereocenters. The molecule has 0 aliphatic heterocycles. The van der Waals surface area contributed by atoms with E-state index in [1.165, 1.54) is 11.3 Å². The number of aromatic nitrogens is 3. The Balaban J connectivity index is 1.59. The fraction of sp³-hybridized carbons (Fsp3) is 0. The summed E-state index contributed by atoms with van der Waals surface area (Å²) in [6.07, 6.45) is 3.28. The Bertz CT molecular complexity index is 1070. The molecule has 6 nitrogen and oxygen atoms in total. The van der Waals surface area contributed by atoms with E-state index in [0.29, 0.717) is 32.6 Å². The molecule has 4 rings (SSSR count). The number of nitrogen functional groups attached to an aromatic ring is 1. The van der Waals surface area contributed by atoms with Gasteiger partial charge in [0.2, 0.25) is 5.06 Å². The molecule has 3 N–H and O–H groups in total. The smallest absolute Gasteiger partial charge is 0.210 e. The third kappa shape index (κ3) is 4.16. The maximum Gasteiger partial charge on any atom is 0.210 e. The van der Waals surface area contributed by atoms with Crippen LogP contribution in [0.5, 0.6) is 10.8 Å². The van der Waals surface area contributed by atoms with Crippen LogP contribution in [0, 0.1) is 0 Å². The second kappa shape index (κ2) is 7.61. The average Bonchev–Trinajstić information content (AvgIpc) is 3.03. The molecule has 27 heavy (non-hydrogen) atoms. The van der Waals surface area contributed by atoms with Crippen LogP contribution in [0.3, 0.4) is 0 Å². The first-order valence-electron chi connectivity index (χ1n) is 8.01. The number of pyridine rings is 2. The van der Waals surface area contributed by atoms with Crippen LogP contribution in [0.4, 0.5) is 16.6 Å². The van der Waals surface area contributed by atoms with Crippen molar-refractivity contribution in [3.63, 3.8) is 0 Å². The summed E-state index contributed by atoms with van der Waals surface area (Å²) in [6, 6.07) is 16.9. The van der Waals surface area contributed by atoms with Crippen LogP contribution < -0.4 is 15.8 Å². The lowest BCUT2D eigenvalue weighted by atomic mass is 10.2. The van der Waals surface area contributed by atoms with Gasteiger partial charge in [0.25, 0.3) is 0 Å². The highest BCUT2D eigenvalue weighted by atomic mass is 35.5. The molecule has 0 aliphatic carbocycles. The zero-order valence-electron chi connectivity index (χ0n) is 14.0. The molecule has 0 unspecified atom stereocenters. The van der Waals surface area contributed by atoms with Gasteiger partial charge in [0.1, 0.15) is 22.4 Å². The van der Waals surface area contributed by atoms with Crippen molar-refractivity contribution >= 4 is 39.6 Å². The van der Waals surface area contributed by atoms with E-state index in [9.17, 15) is 0 Å². The highest BCUT2D eigenvalue weighted by Crippen LogP contribution is 2.39. The first-order valence-corrected chi connectivity index (χ1v) is 9.21. The quantitative estimate of drug-likeness (QED) is 0.442. The summed E-state index contributed by atoms with van der Waals surface area (Å²) >= 11 is 7.21. The van der Waals surface area contributed by atoms with E-state index in [0.717, 1.165) is 11.3 Å². The zero-order valence-corrected chi connectivity index (χ0v) is 15.5. The number of ether oxygens (including phenoxy) is 1. The van der Waals surface area contributed by atoms with Gasteiger partial charge in [-0.2, -0.15) is 0 Å². The number of anilines is 3. The fourth-order valence-corrected chi connectivity index (χ4v) is 3.35. The lowest BCUT2D eigenvalue weighted by molar-refractivity contribution is 0.496. The van der Waals surface area contributed by atoms with Crippen molar-refractivity contribution in [3.05, 3.63) is 72.1 Å². The minimum absolute atomic E-state index is 0.403. The van der Waals surface area contributed by atoms with Crippen LogP contribution in [0.2, 0.25) is 5.15 Å². The summed E-state index contributed by atoms with van der Waals surface area (Å²) in [5.74, 6) is 1.24. The monoisotopic (exact) mass is 395 g/mol. The SMILES string of the molecule is Nc1nc(-c2ccccc2)c(Oc2ccnc(Nc3ccnc(Cl)c3)c2)s1. The van der Waals surface area contributed by atoms with Gasteiger partial charge in [-0.25, -0.2) is 15.0 Å². The van der Waals surface area contributed by atoms with Gasteiger partial charge in [0.15, 0.2) is 5.13 Å². The fourth-order valence-electron chi connectivity index (χ4n) is 2.45. The van der Waals surface area contributed by atoms with E-state index >= 15 is 0 Å². The minimum atomic E-state index is 0.403. The Morgan fingerprint density at radius 3 is 2.63 bits per heavy atom. The topological polar surface area (TPSA) is 86.0 Å². The molecule has 8 heteroatoms. The maximum absolute atomic E-state index is 6.04.